The van der Waals surface area contributed by atoms with Gasteiger partial charge in [-0.05, 0) is 25.5 Å². The minimum atomic E-state index is -0.0612. The first kappa shape index (κ1) is 9.52. The highest BCUT2D eigenvalue weighted by Gasteiger charge is 2.10. The van der Waals surface area contributed by atoms with Gasteiger partial charge in [0, 0.05) is 11.1 Å². The van der Waals surface area contributed by atoms with Crippen LogP contribution in [0.15, 0.2) is 24.8 Å². The molecule has 0 aliphatic rings. The molecule has 0 radical (unpaired) electrons. The van der Waals surface area contributed by atoms with Crippen LogP contribution >= 0.6 is 0 Å². The van der Waals surface area contributed by atoms with Gasteiger partial charge in [-0.1, -0.05) is 18.7 Å². The third-order valence-electron chi connectivity index (χ3n) is 1.85. The summed E-state index contributed by atoms with van der Waals surface area (Å²) in [5.74, 6) is 0.0501. The molecule has 1 aromatic carbocycles. The Kier molecular flexibility index (Phi) is 2.52. The lowest BCUT2D eigenvalue weighted by Crippen LogP contribution is -1.97. The van der Waals surface area contributed by atoms with E-state index in [0.29, 0.717) is 16.7 Å². The highest BCUT2D eigenvalue weighted by molar-refractivity contribution is 5.99. The Bertz CT molecular complexity index is 364. The Morgan fingerprint density at radius 1 is 1.38 bits per heavy atom. The van der Waals surface area contributed by atoms with E-state index in [0.717, 1.165) is 0 Å². The molecule has 0 spiro atoms. The molecule has 0 aromatic heterocycles. The Morgan fingerprint density at radius 3 is 2.38 bits per heavy atom. The molecule has 2 nitrogen and oxygen atoms in total. The highest BCUT2D eigenvalue weighted by atomic mass is 16.3. The lowest BCUT2D eigenvalue weighted by atomic mass is 9.98. The average Bonchev–Trinajstić information content (AvgIpc) is 2.02. The molecule has 1 N–H and O–H groups in total. The summed E-state index contributed by atoms with van der Waals surface area (Å²) in [6.07, 6.45) is 0. The number of phenols is 1. The van der Waals surface area contributed by atoms with Crippen molar-refractivity contribution < 1.29 is 9.90 Å². The van der Waals surface area contributed by atoms with Gasteiger partial charge in [0.2, 0.25) is 0 Å². The molecule has 0 atom stereocenters. The van der Waals surface area contributed by atoms with Crippen molar-refractivity contribution in [2.75, 3.05) is 0 Å². The first-order valence-corrected chi connectivity index (χ1v) is 4.03. The standard InChI is InChI=1S/C11H12O2/c1-7(2)11-9(8(3)12)5-4-6-10(11)13/h4-6,13H,1H2,2-3H3. The molecule has 0 saturated heterocycles. The van der Waals surface area contributed by atoms with E-state index in [4.69, 9.17) is 0 Å². The van der Waals surface area contributed by atoms with Crippen LogP contribution in [-0.2, 0) is 0 Å². The van der Waals surface area contributed by atoms with Crippen LogP contribution in [0.3, 0.4) is 0 Å². The van der Waals surface area contributed by atoms with Crippen LogP contribution in [0, 0.1) is 0 Å². The maximum absolute atomic E-state index is 11.2. The number of Topliss-reactive ketones (excluding diaryl/α,β-unsaturated/α-hetero) is 1. The normalized spacial score (nSPS) is 9.69. The molecular weight excluding hydrogens is 164 g/mol. The number of aromatic hydroxyl groups is 1. The maximum Gasteiger partial charge on any atom is 0.160 e. The van der Waals surface area contributed by atoms with Gasteiger partial charge < -0.3 is 5.11 Å². The van der Waals surface area contributed by atoms with Gasteiger partial charge in [0.1, 0.15) is 5.75 Å². The molecule has 0 bridgehead atoms. The summed E-state index contributed by atoms with van der Waals surface area (Å²) in [5.41, 5.74) is 1.77. The Labute approximate surface area is 77.5 Å². The van der Waals surface area contributed by atoms with Crippen molar-refractivity contribution in [2.24, 2.45) is 0 Å². The zero-order valence-corrected chi connectivity index (χ0v) is 7.79. The Hall–Kier alpha value is -1.57. The fourth-order valence-electron chi connectivity index (χ4n) is 1.28. The number of carbonyl (C=O) groups is 1. The molecule has 2 heteroatoms. The van der Waals surface area contributed by atoms with Crippen molar-refractivity contribution in [1.82, 2.24) is 0 Å². The second-order valence-electron chi connectivity index (χ2n) is 3.04. The number of phenolic OH excluding ortho intramolecular Hbond substituents is 1. The SMILES string of the molecule is C=C(C)c1c(O)cccc1C(C)=O. The number of carbonyl (C=O) groups excluding carboxylic acids is 1. The van der Waals surface area contributed by atoms with Crippen molar-refractivity contribution in [1.29, 1.82) is 0 Å². The summed E-state index contributed by atoms with van der Waals surface area (Å²) in [7, 11) is 0. The van der Waals surface area contributed by atoms with Gasteiger partial charge in [0.15, 0.2) is 5.78 Å². The Balaban J connectivity index is 3.43. The van der Waals surface area contributed by atoms with Crippen LogP contribution in [0.4, 0.5) is 0 Å². The molecule has 0 amide bonds. The molecular formula is C11H12O2. The molecule has 0 aliphatic heterocycles. The van der Waals surface area contributed by atoms with Crippen LogP contribution in [0.25, 0.3) is 5.57 Å². The summed E-state index contributed by atoms with van der Waals surface area (Å²) in [5, 5.41) is 9.50. The quantitative estimate of drug-likeness (QED) is 0.703. The van der Waals surface area contributed by atoms with E-state index in [2.05, 4.69) is 6.58 Å². The van der Waals surface area contributed by atoms with Crippen LogP contribution in [0.2, 0.25) is 0 Å². The monoisotopic (exact) mass is 176 g/mol. The topological polar surface area (TPSA) is 37.3 Å². The lowest BCUT2D eigenvalue weighted by Gasteiger charge is -2.07. The van der Waals surface area contributed by atoms with Crippen LogP contribution in [-0.4, -0.2) is 10.9 Å². The van der Waals surface area contributed by atoms with E-state index in [1.54, 1.807) is 25.1 Å². The number of hydrogen-bond acceptors (Lipinski definition) is 2. The first-order chi connectivity index (χ1) is 6.04. The summed E-state index contributed by atoms with van der Waals surface area (Å²) in [6, 6.07) is 4.89. The molecule has 0 saturated carbocycles. The van der Waals surface area contributed by atoms with Crippen molar-refractivity contribution in [3.63, 3.8) is 0 Å². The molecule has 1 aromatic rings. The van der Waals surface area contributed by atoms with Crippen molar-refractivity contribution >= 4 is 11.4 Å². The largest absolute Gasteiger partial charge is 0.507 e. The first-order valence-electron chi connectivity index (χ1n) is 4.03. The fraction of sp³-hybridized carbons (Fsp3) is 0.182. The van der Waals surface area contributed by atoms with Crippen molar-refractivity contribution in [3.05, 3.63) is 35.9 Å². The van der Waals surface area contributed by atoms with Crippen LogP contribution in [0.1, 0.15) is 29.8 Å². The average molecular weight is 176 g/mol. The molecule has 0 heterocycles. The number of hydrogen-bond donors (Lipinski definition) is 1. The molecule has 0 unspecified atom stereocenters. The van der Waals surface area contributed by atoms with E-state index in [1.165, 1.54) is 6.92 Å². The smallest absolute Gasteiger partial charge is 0.160 e. The third-order valence-corrected chi connectivity index (χ3v) is 1.85. The maximum atomic E-state index is 11.2. The van der Waals surface area contributed by atoms with Crippen LogP contribution in [0.5, 0.6) is 5.75 Å². The van der Waals surface area contributed by atoms with Gasteiger partial charge in [-0.15, -0.1) is 0 Å². The molecule has 0 fully saturated rings. The van der Waals surface area contributed by atoms with Gasteiger partial charge in [-0.3, -0.25) is 4.79 Å². The van der Waals surface area contributed by atoms with Crippen molar-refractivity contribution in [3.8, 4) is 5.75 Å². The van der Waals surface area contributed by atoms with Gasteiger partial charge in [0.05, 0.1) is 0 Å². The van der Waals surface area contributed by atoms with Gasteiger partial charge >= 0.3 is 0 Å². The minimum Gasteiger partial charge on any atom is -0.507 e. The zero-order valence-electron chi connectivity index (χ0n) is 7.79. The highest BCUT2D eigenvalue weighted by Crippen LogP contribution is 2.27. The molecule has 13 heavy (non-hydrogen) atoms. The summed E-state index contributed by atoms with van der Waals surface area (Å²) < 4.78 is 0. The second kappa shape index (κ2) is 3.44. The van der Waals surface area contributed by atoms with Crippen molar-refractivity contribution in [2.45, 2.75) is 13.8 Å². The number of allylic oxidation sites excluding steroid dienone is 1. The molecule has 68 valence electrons. The van der Waals surface area contributed by atoms with Gasteiger partial charge in [0.25, 0.3) is 0 Å². The zero-order chi connectivity index (χ0) is 10.0. The van der Waals surface area contributed by atoms with E-state index >= 15 is 0 Å². The van der Waals surface area contributed by atoms with Crippen LogP contribution < -0.4 is 0 Å². The molecule has 0 aliphatic carbocycles. The molecule has 1 rings (SSSR count). The lowest BCUT2D eigenvalue weighted by molar-refractivity contribution is 0.101. The van der Waals surface area contributed by atoms with E-state index < -0.39 is 0 Å². The van der Waals surface area contributed by atoms with E-state index in [-0.39, 0.29) is 11.5 Å². The Morgan fingerprint density at radius 2 is 2.00 bits per heavy atom. The third kappa shape index (κ3) is 1.78. The summed E-state index contributed by atoms with van der Waals surface area (Å²) in [4.78, 5) is 11.2. The van der Waals surface area contributed by atoms with E-state index in [1.807, 2.05) is 0 Å². The second-order valence-corrected chi connectivity index (χ2v) is 3.04. The minimum absolute atomic E-state index is 0.0612. The van der Waals surface area contributed by atoms with Gasteiger partial charge in [-0.25, -0.2) is 0 Å². The van der Waals surface area contributed by atoms with Gasteiger partial charge in [-0.2, -0.15) is 0 Å². The summed E-state index contributed by atoms with van der Waals surface area (Å²) in [6.45, 7) is 6.96. The predicted octanol–water partition coefficient (Wildman–Crippen LogP) is 2.63. The number of rotatable bonds is 2. The fourth-order valence-corrected chi connectivity index (χ4v) is 1.28. The summed E-state index contributed by atoms with van der Waals surface area (Å²) >= 11 is 0. The number of benzene rings is 1. The number of ketones is 1. The predicted molar refractivity (Wildman–Crippen MR) is 52.8 cm³/mol. The van der Waals surface area contributed by atoms with E-state index in [9.17, 15) is 9.90 Å².